The maximum absolute atomic E-state index is 12.7. The van der Waals surface area contributed by atoms with E-state index >= 15 is 0 Å². The maximum Gasteiger partial charge on any atom is 0.270 e. The van der Waals surface area contributed by atoms with Crippen LogP contribution in [-0.4, -0.2) is 47.8 Å². The lowest BCUT2D eigenvalue weighted by atomic mass is 10.2. The Kier molecular flexibility index (Phi) is 5.00. The number of amides is 1. The number of benzene rings is 1. The first-order valence-electron chi connectivity index (χ1n) is 8.18. The average Bonchev–Trinajstić information content (AvgIpc) is 3.24. The maximum atomic E-state index is 12.7. The van der Waals surface area contributed by atoms with Crippen LogP contribution in [0.15, 0.2) is 53.1 Å². The highest BCUT2D eigenvalue weighted by molar-refractivity contribution is 5.94. The third-order valence-corrected chi connectivity index (χ3v) is 3.81. The fraction of sp³-hybridized carbons (Fsp3) is 0.263. The number of aromatic nitrogens is 2. The number of carbonyl (C=O) groups is 1. The van der Waals surface area contributed by atoms with Gasteiger partial charge < -0.3 is 14.6 Å². The largest absolute Gasteiger partial charge is 0.463 e. The number of furan rings is 1. The van der Waals surface area contributed by atoms with E-state index < -0.39 is 0 Å². The molecule has 0 spiro atoms. The highest BCUT2D eigenvalue weighted by Crippen LogP contribution is 2.22. The van der Waals surface area contributed by atoms with E-state index in [2.05, 4.69) is 10.4 Å². The first-order valence-corrected chi connectivity index (χ1v) is 8.18. The molecular weight excluding hydrogens is 316 g/mol. The summed E-state index contributed by atoms with van der Waals surface area (Å²) in [5, 5.41) is 7.52. The van der Waals surface area contributed by atoms with Gasteiger partial charge >= 0.3 is 0 Å². The lowest BCUT2D eigenvalue weighted by Gasteiger charge is -2.11. The minimum absolute atomic E-state index is 0.159. The summed E-state index contributed by atoms with van der Waals surface area (Å²) in [6, 6.07) is 13.3. The molecule has 0 bridgehead atoms. The van der Waals surface area contributed by atoms with Crippen LogP contribution in [-0.2, 0) is 0 Å². The molecule has 2 heterocycles. The number of nitrogens with one attached hydrogen (secondary N) is 1. The minimum atomic E-state index is -0.159. The van der Waals surface area contributed by atoms with Gasteiger partial charge in [-0.05, 0) is 50.8 Å². The zero-order valence-corrected chi connectivity index (χ0v) is 14.7. The van der Waals surface area contributed by atoms with E-state index in [0.29, 0.717) is 23.7 Å². The Balaban J connectivity index is 1.96. The van der Waals surface area contributed by atoms with E-state index in [9.17, 15) is 4.79 Å². The number of rotatable bonds is 6. The summed E-state index contributed by atoms with van der Waals surface area (Å²) in [5.74, 6) is 0.474. The molecule has 0 aliphatic carbocycles. The predicted molar refractivity (Wildman–Crippen MR) is 96.9 cm³/mol. The van der Waals surface area contributed by atoms with Crippen LogP contribution >= 0.6 is 0 Å². The Morgan fingerprint density at radius 1 is 1.24 bits per heavy atom. The van der Waals surface area contributed by atoms with Crippen molar-refractivity contribution in [3.05, 3.63) is 60.0 Å². The molecule has 6 nitrogen and oxygen atoms in total. The second-order valence-corrected chi connectivity index (χ2v) is 6.20. The van der Waals surface area contributed by atoms with E-state index in [0.717, 1.165) is 17.8 Å². The summed E-state index contributed by atoms with van der Waals surface area (Å²) in [7, 11) is 3.94. The molecule has 130 valence electrons. The van der Waals surface area contributed by atoms with Gasteiger partial charge in [0.25, 0.3) is 5.91 Å². The van der Waals surface area contributed by atoms with E-state index in [1.54, 1.807) is 23.1 Å². The molecule has 0 atom stereocenters. The van der Waals surface area contributed by atoms with Crippen molar-refractivity contribution >= 4 is 5.91 Å². The number of likely N-dealkylation sites (N-methyl/N-ethyl adjacent to an activating group) is 1. The van der Waals surface area contributed by atoms with Crippen molar-refractivity contribution in [1.82, 2.24) is 20.0 Å². The molecular formula is C19H22N4O2. The zero-order valence-electron chi connectivity index (χ0n) is 14.7. The molecule has 1 aromatic carbocycles. The van der Waals surface area contributed by atoms with Crippen LogP contribution < -0.4 is 5.32 Å². The summed E-state index contributed by atoms with van der Waals surface area (Å²) in [6.45, 7) is 3.35. The normalized spacial score (nSPS) is 11.0. The van der Waals surface area contributed by atoms with E-state index in [4.69, 9.17) is 4.42 Å². The molecule has 0 aliphatic rings. The van der Waals surface area contributed by atoms with Gasteiger partial charge in [-0.1, -0.05) is 12.1 Å². The first kappa shape index (κ1) is 17.0. The van der Waals surface area contributed by atoms with Crippen molar-refractivity contribution in [3.8, 4) is 17.1 Å². The fourth-order valence-electron chi connectivity index (χ4n) is 2.53. The van der Waals surface area contributed by atoms with E-state index in [-0.39, 0.29) is 5.91 Å². The summed E-state index contributed by atoms with van der Waals surface area (Å²) in [5.41, 5.74) is 3.06. The molecule has 2 aromatic heterocycles. The second kappa shape index (κ2) is 7.36. The van der Waals surface area contributed by atoms with E-state index in [1.165, 1.54) is 0 Å². The average molecular weight is 338 g/mol. The fourth-order valence-corrected chi connectivity index (χ4v) is 2.53. The third kappa shape index (κ3) is 3.97. The number of aryl methyl sites for hydroxylation is 1. The third-order valence-electron chi connectivity index (χ3n) is 3.81. The molecule has 0 saturated heterocycles. The van der Waals surface area contributed by atoms with Crippen LogP contribution in [0.1, 0.15) is 16.1 Å². The Hall–Kier alpha value is -2.86. The summed E-state index contributed by atoms with van der Waals surface area (Å²) in [6.07, 6.45) is 1.60. The number of carbonyl (C=O) groups excluding carboxylic acids is 1. The van der Waals surface area contributed by atoms with Gasteiger partial charge in [0.05, 0.1) is 12.0 Å². The second-order valence-electron chi connectivity index (χ2n) is 6.20. The van der Waals surface area contributed by atoms with Gasteiger partial charge in [-0.3, -0.25) is 4.79 Å². The van der Waals surface area contributed by atoms with Gasteiger partial charge in [0.1, 0.15) is 11.4 Å². The Morgan fingerprint density at radius 2 is 2.08 bits per heavy atom. The molecule has 3 aromatic rings. The summed E-state index contributed by atoms with van der Waals surface area (Å²) in [4.78, 5) is 14.7. The van der Waals surface area contributed by atoms with Gasteiger partial charge in [-0.2, -0.15) is 5.10 Å². The van der Waals surface area contributed by atoms with Gasteiger partial charge in [0.2, 0.25) is 0 Å². The van der Waals surface area contributed by atoms with E-state index in [1.807, 2.05) is 56.3 Å². The van der Waals surface area contributed by atoms with Crippen LogP contribution in [0.5, 0.6) is 0 Å². The van der Waals surface area contributed by atoms with Gasteiger partial charge in [-0.25, -0.2) is 4.68 Å². The van der Waals surface area contributed by atoms with Crippen LogP contribution in [0.4, 0.5) is 0 Å². The lowest BCUT2D eigenvalue weighted by molar-refractivity contribution is 0.0943. The minimum Gasteiger partial charge on any atom is -0.463 e. The molecule has 0 aliphatic heterocycles. The predicted octanol–water partition coefficient (Wildman–Crippen LogP) is 2.73. The van der Waals surface area contributed by atoms with Crippen molar-refractivity contribution < 1.29 is 9.21 Å². The first-order chi connectivity index (χ1) is 12.0. The molecule has 0 radical (unpaired) electrons. The summed E-state index contributed by atoms with van der Waals surface area (Å²) >= 11 is 0. The molecule has 3 rings (SSSR count). The lowest BCUT2D eigenvalue weighted by Crippen LogP contribution is -2.32. The Bertz CT molecular complexity index is 850. The quantitative estimate of drug-likeness (QED) is 0.751. The van der Waals surface area contributed by atoms with Gasteiger partial charge in [-0.15, -0.1) is 0 Å². The van der Waals surface area contributed by atoms with Crippen LogP contribution in [0.3, 0.4) is 0 Å². The van der Waals surface area contributed by atoms with Crippen LogP contribution in [0.2, 0.25) is 0 Å². The molecule has 0 unspecified atom stereocenters. The van der Waals surface area contributed by atoms with Crippen molar-refractivity contribution in [3.63, 3.8) is 0 Å². The van der Waals surface area contributed by atoms with Crippen molar-refractivity contribution in [2.45, 2.75) is 6.92 Å². The van der Waals surface area contributed by atoms with Crippen molar-refractivity contribution in [1.29, 1.82) is 0 Å². The standard InChI is InChI=1S/C19H22N4O2/c1-14-6-4-7-15(12-14)23-17(19(24)20-9-10-22(2)3)13-16(21-23)18-8-5-11-25-18/h4-8,11-13H,9-10H2,1-3H3,(H,20,24). The highest BCUT2D eigenvalue weighted by atomic mass is 16.3. The number of nitrogens with zero attached hydrogens (tertiary/aromatic N) is 3. The molecule has 1 amide bonds. The molecule has 1 N–H and O–H groups in total. The zero-order chi connectivity index (χ0) is 17.8. The van der Waals surface area contributed by atoms with Crippen LogP contribution in [0.25, 0.3) is 17.1 Å². The molecule has 0 fully saturated rings. The molecule has 6 heteroatoms. The molecule has 25 heavy (non-hydrogen) atoms. The van der Waals surface area contributed by atoms with Gasteiger partial charge in [0, 0.05) is 19.2 Å². The highest BCUT2D eigenvalue weighted by Gasteiger charge is 2.18. The van der Waals surface area contributed by atoms with Gasteiger partial charge in [0.15, 0.2) is 5.76 Å². The molecule has 0 saturated carbocycles. The van der Waals surface area contributed by atoms with Crippen LogP contribution in [0, 0.1) is 6.92 Å². The monoisotopic (exact) mass is 338 g/mol. The van der Waals surface area contributed by atoms with Crippen molar-refractivity contribution in [2.24, 2.45) is 0 Å². The topological polar surface area (TPSA) is 63.3 Å². The SMILES string of the molecule is Cc1cccc(-n2nc(-c3ccco3)cc2C(=O)NCCN(C)C)c1. The number of hydrogen-bond acceptors (Lipinski definition) is 4. The summed E-state index contributed by atoms with van der Waals surface area (Å²) < 4.78 is 7.09. The van der Waals surface area contributed by atoms with Crippen molar-refractivity contribution in [2.75, 3.05) is 27.2 Å². The Labute approximate surface area is 147 Å². The number of hydrogen-bond donors (Lipinski definition) is 1. The Morgan fingerprint density at radius 3 is 2.76 bits per heavy atom. The smallest absolute Gasteiger partial charge is 0.270 e.